The number of piperazine rings is 1. The fourth-order valence-corrected chi connectivity index (χ4v) is 3.73. The molecule has 9 heteroatoms. The molecule has 2 fully saturated rings. The van der Waals surface area contributed by atoms with Crippen molar-refractivity contribution in [3.8, 4) is 5.82 Å². The summed E-state index contributed by atoms with van der Waals surface area (Å²) in [6.07, 6.45) is 4.43. The molecule has 1 atom stereocenters. The van der Waals surface area contributed by atoms with E-state index in [-0.39, 0.29) is 17.7 Å². The smallest absolute Gasteiger partial charge is 0.227 e. The van der Waals surface area contributed by atoms with Crippen LogP contribution in [0.2, 0.25) is 0 Å². The molecule has 9 nitrogen and oxygen atoms in total. The van der Waals surface area contributed by atoms with Crippen molar-refractivity contribution in [2.75, 3.05) is 37.6 Å². The normalized spacial score (nSPS) is 20.2. The zero-order valence-electron chi connectivity index (χ0n) is 16.3. The number of imidazole rings is 1. The molecule has 2 aliphatic heterocycles. The Morgan fingerprint density at radius 3 is 2.50 bits per heavy atom. The quantitative estimate of drug-likeness (QED) is 0.827. The number of nitrogens with one attached hydrogen (secondary N) is 1. The van der Waals surface area contributed by atoms with Gasteiger partial charge in [0.25, 0.3) is 0 Å². The van der Waals surface area contributed by atoms with Crippen molar-refractivity contribution >= 4 is 17.6 Å². The van der Waals surface area contributed by atoms with Gasteiger partial charge in [-0.3, -0.25) is 14.2 Å². The summed E-state index contributed by atoms with van der Waals surface area (Å²) in [5, 5.41) is 2.79. The fraction of sp³-hybridized carbons (Fsp3) is 0.526. The van der Waals surface area contributed by atoms with Crippen LogP contribution in [0.4, 0.5) is 5.82 Å². The van der Waals surface area contributed by atoms with E-state index in [1.54, 1.807) is 12.7 Å². The van der Waals surface area contributed by atoms with Crippen molar-refractivity contribution in [3.05, 3.63) is 30.1 Å². The Morgan fingerprint density at radius 2 is 1.86 bits per heavy atom. The molecule has 0 bridgehead atoms. The predicted octanol–water partition coefficient (Wildman–Crippen LogP) is 0.454. The molecule has 2 aromatic rings. The Labute approximate surface area is 163 Å². The van der Waals surface area contributed by atoms with Gasteiger partial charge in [0.2, 0.25) is 11.8 Å². The van der Waals surface area contributed by atoms with Gasteiger partial charge in [0.05, 0.1) is 11.6 Å². The first-order valence-corrected chi connectivity index (χ1v) is 9.66. The summed E-state index contributed by atoms with van der Waals surface area (Å²) in [6, 6.07) is 1.96. The second-order valence-electron chi connectivity index (χ2n) is 7.37. The molecule has 0 radical (unpaired) electrons. The SMILES string of the molecule is Cc1ncn(-c2cc(N3CCN(C(=O)C4CCC(=O)NC4)CC3)ncn2)c1C. The van der Waals surface area contributed by atoms with Crippen molar-refractivity contribution < 1.29 is 9.59 Å². The number of anilines is 1. The number of amides is 2. The Hall–Kier alpha value is -2.97. The van der Waals surface area contributed by atoms with Gasteiger partial charge in [-0.15, -0.1) is 0 Å². The number of nitrogens with zero attached hydrogens (tertiary/aromatic N) is 6. The van der Waals surface area contributed by atoms with E-state index in [4.69, 9.17) is 0 Å². The molecule has 0 saturated carbocycles. The number of aromatic nitrogens is 4. The van der Waals surface area contributed by atoms with Gasteiger partial charge in [-0.2, -0.15) is 0 Å². The maximum Gasteiger partial charge on any atom is 0.227 e. The zero-order chi connectivity index (χ0) is 19.7. The second-order valence-corrected chi connectivity index (χ2v) is 7.37. The van der Waals surface area contributed by atoms with Gasteiger partial charge in [0, 0.05) is 50.9 Å². The molecule has 2 amide bonds. The largest absolute Gasteiger partial charge is 0.355 e. The molecule has 1 unspecified atom stereocenters. The number of piperidine rings is 1. The number of carbonyl (C=O) groups excluding carboxylic acids is 2. The van der Waals surface area contributed by atoms with Gasteiger partial charge in [-0.25, -0.2) is 15.0 Å². The number of rotatable bonds is 3. The van der Waals surface area contributed by atoms with Gasteiger partial charge in [-0.05, 0) is 20.3 Å². The van der Waals surface area contributed by atoms with E-state index in [1.165, 1.54) is 0 Å². The number of hydrogen-bond donors (Lipinski definition) is 1. The van der Waals surface area contributed by atoms with Crippen LogP contribution in [0, 0.1) is 19.8 Å². The lowest BCUT2D eigenvalue weighted by Crippen LogP contribution is -2.52. The summed E-state index contributed by atoms with van der Waals surface area (Å²) in [5.74, 6) is 1.74. The molecule has 4 rings (SSSR count). The summed E-state index contributed by atoms with van der Waals surface area (Å²) >= 11 is 0. The van der Waals surface area contributed by atoms with E-state index in [9.17, 15) is 9.59 Å². The molecule has 2 saturated heterocycles. The third-order valence-electron chi connectivity index (χ3n) is 5.67. The topological polar surface area (TPSA) is 96.2 Å². The van der Waals surface area contributed by atoms with Gasteiger partial charge in [0.1, 0.15) is 24.3 Å². The Morgan fingerprint density at radius 1 is 1.11 bits per heavy atom. The lowest BCUT2D eigenvalue weighted by molar-refractivity contribution is -0.137. The van der Waals surface area contributed by atoms with Crippen molar-refractivity contribution in [2.45, 2.75) is 26.7 Å². The summed E-state index contributed by atoms with van der Waals surface area (Å²) in [7, 11) is 0. The van der Waals surface area contributed by atoms with Crippen LogP contribution in [-0.2, 0) is 9.59 Å². The minimum absolute atomic E-state index is 0.0387. The molecule has 4 heterocycles. The average molecular weight is 383 g/mol. The molecule has 2 aromatic heterocycles. The van der Waals surface area contributed by atoms with Gasteiger partial charge >= 0.3 is 0 Å². The maximum absolute atomic E-state index is 12.7. The molecular weight excluding hydrogens is 358 g/mol. The van der Waals surface area contributed by atoms with Crippen LogP contribution in [0.3, 0.4) is 0 Å². The Balaban J connectivity index is 1.40. The van der Waals surface area contributed by atoms with E-state index in [2.05, 4.69) is 25.2 Å². The van der Waals surface area contributed by atoms with E-state index in [0.717, 1.165) is 36.1 Å². The molecule has 0 aliphatic carbocycles. The summed E-state index contributed by atoms with van der Waals surface area (Å²) < 4.78 is 1.96. The first-order valence-electron chi connectivity index (χ1n) is 9.66. The van der Waals surface area contributed by atoms with Crippen LogP contribution >= 0.6 is 0 Å². The van der Waals surface area contributed by atoms with Crippen LogP contribution in [0.5, 0.6) is 0 Å². The lowest BCUT2D eigenvalue weighted by atomic mass is 9.97. The predicted molar refractivity (Wildman–Crippen MR) is 103 cm³/mol. The molecule has 0 spiro atoms. The van der Waals surface area contributed by atoms with Crippen molar-refractivity contribution in [1.82, 2.24) is 29.7 Å². The van der Waals surface area contributed by atoms with E-state index in [1.807, 2.05) is 29.4 Å². The van der Waals surface area contributed by atoms with Crippen LogP contribution in [-0.4, -0.2) is 69.0 Å². The summed E-state index contributed by atoms with van der Waals surface area (Å²) in [6.45, 7) is 7.21. The van der Waals surface area contributed by atoms with Crippen molar-refractivity contribution in [2.24, 2.45) is 5.92 Å². The summed E-state index contributed by atoms with van der Waals surface area (Å²) in [4.78, 5) is 41.2. The minimum atomic E-state index is -0.0950. The highest BCUT2D eigenvalue weighted by Gasteiger charge is 2.30. The van der Waals surface area contributed by atoms with Crippen molar-refractivity contribution in [1.29, 1.82) is 0 Å². The molecule has 1 N–H and O–H groups in total. The Kier molecular flexibility index (Phi) is 4.97. The van der Waals surface area contributed by atoms with Crippen LogP contribution in [0.25, 0.3) is 5.82 Å². The minimum Gasteiger partial charge on any atom is -0.355 e. The van der Waals surface area contributed by atoms with Crippen molar-refractivity contribution in [3.63, 3.8) is 0 Å². The standard InChI is InChI=1S/C19H25N7O2/c1-13-14(2)26(12-23-13)17-9-16(21-11-22-17)24-5-7-25(8-6-24)19(28)15-3-4-18(27)20-10-15/h9,11-12,15H,3-8,10H2,1-2H3,(H,20,27). The number of carbonyl (C=O) groups is 2. The van der Waals surface area contributed by atoms with E-state index in [0.29, 0.717) is 32.5 Å². The van der Waals surface area contributed by atoms with Crippen LogP contribution < -0.4 is 10.2 Å². The fourth-order valence-electron chi connectivity index (χ4n) is 3.73. The lowest BCUT2D eigenvalue weighted by Gasteiger charge is -2.37. The van der Waals surface area contributed by atoms with Crippen LogP contribution in [0.15, 0.2) is 18.7 Å². The van der Waals surface area contributed by atoms with Gasteiger partial charge in [0.15, 0.2) is 0 Å². The highest BCUT2D eigenvalue weighted by Crippen LogP contribution is 2.20. The molecular formula is C19H25N7O2. The highest BCUT2D eigenvalue weighted by atomic mass is 16.2. The molecule has 28 heavy (non-hydrogen) atoms. The number of hydrogen-bond acceptors (Lipinski definition) is 6. The first-order chi connectivity index (χ1) is 13.5. The third-order valence-corrected chi connectivity index (χ3v) is 5.67. The Bertz CT molecular complexity index is 876. The van der Waals surface area contributed by atoms with E-state index >= 15 is 0 Å². The van der Waals surface area contributed by atoms with Gasteiger partial charge < -0.3 is 15.1 Å². The monoisotopic (exact) mass is 383 g/mol. The highest BCUT2D eigenvalue weighted by molar-refractivity contribution is 5.84. The molecule has 0 aromatic carbocycles. The maximum atomic E-state index is 12.7. The summed E-state index contributed by atoms with van der Waals surface area (Å²) in [5.41, 5.74) is 2.03. The van der Waals surface area contributed by atoms with E-state index < -0.39 is 0 Å². The number of aryl methyl sites for hydroxylation is 1. The van der Waals surface area contributed by atoms with Gasteiger partial charge in [-0.1, -0.05) is 0 Å². The first kappa shape index (κ1) is 18.4. The third kappa shape index (κ3) is 3.56. The van der Waals surface area contributed by atoms with Crippen LogP contribution in [0.1, 0.15) is 24.2 Å². The molecule has 2 aliphatic rings. The second kappa shape index (κ2) is 7.57. The average Bonchev–Trinajstić information content (AvgIpc) is 3.07. The zero-order valence-corrected chi connectivity index (χ0v) is 16.3. The molecule has 148 valence electrons.